The number of ether oxygens (including phenoxy) is 1. The maximum absolute atomic E-state index is 12.0. The van der Waals surface area contributed by atoms with Gasteiger partial charge in [-0.3, -0.25) is 4.79 Å². The van der Waals surface area contributed by atoms with Crippen LogP contribution in [-0.4, -0.2) is 11.9 Å². The molecule has 1 amide bonds. The van der Waals surface area contributed by atoms with Crippen molar-refractivity contribution in [3.8, 4) is 5.75 Å². The van der Waals surface area contributed by atoms with Crippen LogP contribution in [0.3, 0.4) is 0 Å². The number of hydrogen-bond acceptors (Lipinski definition) is 3. The van der Waals surface area contributed by atoms with Gasteiger partial charge in [-0.2, -0.15) is 0 Å². The Hall–Kier alpha value is -2.75. The van der Waals surface area contributed by atoms with E-state index in [9.17, 15) is 4.79 Å². The molecule has 0 saturated carbocycles. The molecule has 4 nitrogen and oxygen atoms in total. The Kier molecular flexibility index (Phi) is 4.85. The van der Waals surface area contributed by atoms with E-state index in [0.717, 1.165) is 22.9 Å². The van der Waals surface area contributed by atoms with E-state index >= 15 is 0 Å². The Balaban J connectivity index is 1.68. The normalized spacial score (nSPS) is 12.1. The molecule has 24 heavy (non-hydrogen) atoms. The highest BCUT2D eigenvalue weighted by Crippen LogP contribution is 2.26. The van der Waals surface area contributed by atoms with Crippen LogP contribution in [-0.2, 0) is 6.61 Å². The minimum atomic E-state index is -0.194. The molecule has 124 valence electrons. The van der Waals surface area contributed by atoms with Crippen LogP contribution in [0.15, 0.2) is 59.0 Å². The first-order chi connectivity index (χ1) is 11.7. The first-order valence-corrected chi connectivity index (χ1v) is 8.17. The second kappa shape index (κ2) is 7.21. The molecular formula is C20H21NO3. The van der Waals surface area contributed by atoms with Crippen LogP contribution in [0.5, 0.6) is 5.75 Å². The van der Waals surface area contributed by atoms with E-state index in [1.54, 1.807) is 12.1 Å². The standard InChI is InChI=1S/C20H21NO3/c1-3-14(2)21-20(22)19-12-11-16(24-19)13-23-18-10-6-8-15-7-4-5-9-17(15)18/h4-12,14H,3,13H2,1-2H3,(H,21,22). The predicted molar refractivity (Wildman–Crippen MR) is 94.2 cm³/mol. The van der Waals surface area contributed by atoms with Crippen LogP contribution in [0.25, 0.3) is 10.8 Å². The van der Waals surface area contributed by atoms with Crippen molar-refractivity contribution in [2.45, 2.75) is 32.9 Å². The second-order valence-electron chi connectivity index (χ2n) is 5.81. The van der Waals surface area contributed by atoms with E-state index in [4.69, 9.17) is 9.15 Å². The number of nitrogens with one attached hydrogen (secondary N) is 1. The highest BCUT2D eigenvalue weighted by Gasteiger charge is 2.13. The van der Waals surface area contributed by atoms with E-state index in [-0.39, 0.29) is 18.6 Å². The van der Waals surface area contributed by atoms with Crippen molar-refractivity contribution in [1.29, 1.82) is 0 Å². The van der Waals surface area contributed by atoms with Gasteiger partial charge in [-0.15, -0.1) is 0 Å². The molecule has 0 aliphatic heterocycles. The molecule has 0 aliphatic carbocycles. The molecule has 0 fully saturated rings. The highest BCUT2D eigenvalue weighted by atomic mass is 16.5. The van der Waals surface area contributed by atoms with Crippen LogP contribution < -0.4 is 10.1 Å². The van der Waals surface area contributed by atoms with Gasteiger partial charge in [0.2, 0.25) is 0 Å². The molecule has 0 bridgehead atoms. The third kappa shape index (κ3) is 3.59. The third-order valence-electron chi connectivity index (χ3n) is 3.99. The Morgan fingerprint density at radius 1 is 1.12 bits per heavy atom. The molecule has 1 aromatic heterocycles. The molecule has 0 saturated heterocycles. The number of carbonyl (C=O) groups is 1. The van der Waals surface area contributed by atoms with E-state index < -0.39 is 0 Å². The molecule has 0 spiro atoms. The molecule has 2 aromatic carbocycles. The maximum atomic E-state index is 12.0. The molecule has 3 rings (SSSR count). The molecule has 4 heteroatoms. The summed E-state index contributed by atoms with van der Waals surface area (Å²) in [5.41, 5.74) is 0. The highest BCUT2D eigenvalue weighted by molar-refractivity contribution is 5.91. The minimum absolute atomic E-state index is 0.123. The Morgan fingerprint density at radius 2 is 1.92 bits per heavy atom. The summed E-state index contributed by atoms with van der Waals surface area (Å²) in [6.07, 6.45) is 0.878. The number of benzene rings is 2. The largest absolute Gasteiger partial charge is 0.485 e. The lowest BCUT2D eigenvalue weighted by Gasteiger charge is -2.09. The van der Waals surface area contributed by atoms with Gasteiger partial charge in [0.15, 0.2) is 5.76 Å². The van der Waals surface area contributed by atoms with Crippen molar-refractivity contribution in [1.82, 2.24) is 5.32 Å². The summed E-state index contributed by atoms with van der Waals surface area (Å²) in [6, 6.07) is 17.6. The van der Waals surface area contributed by atoms with Gasteiger partial charge in [0, 0.05) is 11.4 Å². The predicted octanol–water partition coefficient (Wildman–Crippen LogP) is 4.54. The topological polar surface area (TPSA) is 51.5 Å². The Labute approximate surface area is 141 Å². The zero-order valence-electron chi connectivity index (χ0n) is 13.9. The van der Waals surface area contributed by atoms with Crippen molar-refractivity contribution in [3.63, 3.8) is 0 Å². The van der Waals surface area contributed by atoms with Crippen molar-refractivity contribution in [2.75, 3.05) is 0 Å². The molecule has 0 aliphatic rings. The zero-order chi connectivity index (χ0) is 16.9. The average Bonchev–Trinajstić information content (AvgIpc) is 3.09. The Bertz CT molecular complexity index is 832. The molecule has 0 radical (unpaired) electrons. The zero-order valence-corrected chi connectivity index (χ0v) is 13.9. The fourth-order valence-electron chi connectivity index (χ4n) is 2.44. The van der Waals surface area contributed by atoms with Crippen LogP contribution in [0.4, 0.5) is 0 Å². The molecule has 1 atom stereocenters. The van der Waals surface area contributed by atoms with Crippen LogP contribution in [0.2, 0.25) is 0 Å². The number of carbonyl (C=O) groups excluding carboxylic acids is 1. The van der Waals surface area contributed by atoms with Crippen molar-refractivity contribution in [2.24, 2.45) is 0 Å². The summed E-state index contributed by atoms with van der Waals surface area (Å²) in [4.78, 5) is 12.0. The SMILES string of the molecule is CCC(C)NC(=O)c1ccc(COc2cccc3ccccc23)o1. The summed E-state index contributed by atoms with van der Waals surface area (Å²) in [5, 5.41) is 5.07. The summed E-state index contributed by atoms with van der Waals surface area (Å²) in [5.74, 6) is 1.54. The first kappa shape index (κ1) is 16.1. The molecular weight excluding hydrogens is 302 g/mol. The third-order valence-corrected chi connectivity index (χ3v) is 3.99. The minimum Gasteiger partial charge on any atom is -0.485 e. The summed E-state index contributed by atoms with van der Waals surface area (Å²) < 4.78 is 11.5. The maximum Gasteiger partial charge on any atom is 0.287 e. The van der Waals surface area contributed by atoms with E-state index in [0.29, 0.717) is 11.5 Å². The number of rotatable bonds is 6. The van der Waals surface area contributed by atoms with E-state index in [1.165, 1.54) is 0 Å². The molecule has 1 unspecified atom stereocenters. The molecule has 1 heterocycles. The van der Waals surface area contributed by atoms with Crippen molar-refractivity contribution < 1.29 is 13.9 Å². The number of hydrogen-bond donors (Lipinski definition) is 1. The van der Waals surface area contributed by atoms with Crippen molar-refractivity contribution >= 4 is 16.7 Å². The number of amides is 1. The van der Waals surface area contributed by atoms with Gasteiger partial charge >= 0.3 is 0 Å². The van der Waals surface area contributed by atoms with Crippen LogP contribution >= 0.6 is 0 Å². The van der Waals surface area contributed by atoms with Gasteiger partial charge in [0.05, 0.1) is 0 Å². The van der Waals surface area contributed by atoms with Gasteiger partial charge in [-0.1, -0.05) is 43.3 Å². The fourth-order valence-corrected chi connectivity index (χ4v) is 2.44. The lowest BCUT2D eigenvalue weighted by Crippen LogP contribution is -2.31. The van der Waals surface area contributed by atoms with Gasteiger partial charge < -0.3 is 14.5 Å². The van der Waals surface area contributed by atoms with Gasteiger partial charge in [0.1, 0.15) is 18.1 Å². The monoisotopic (exact) mass is 323 g/mol. The van der Waals surface area contributed by atoms with Gasteiger partial charge in [0.25, 0.3) is 5.91 Å². The second-order valence-corrected chi connectivity index (χ2v) is 5.81. The fraction of sp³-hybridized carbons (Fsp3) is 0.250. The number of fused-ring (bicyclic) bond motifs is 1. The molecule has 3 aromatic rings. The molecule has 1 N–H and O–H groups in total. The van der Waals surface area contributed by atoms with E-state index in [1.807, 2.05) is 56.3 Å². The van der Waals surface area contributed by atoms with Gasteiger partial charge in [-0.25, -0.2) is 0 Å². The summed E-state index contributed by atoms with van der Waals surface area (Å²) in [7, 11) is 0. The first-order valence-electron chi connectivity index (χ1n) is 8.17. The number of furan rings is 1. The Morgan fingerprint density at radius 3 is 2.75 bits per heavy atom. The lowest BCUT2D eigenvalue weighted by molar-refractivity contribution is 0.0907. The summed E-state index contributed by atoms with van der Waals surface area (Å²) >= 11 is 0. The smallest absolute Gasteiger partial charge is 0.287 e. The van der Waals surface area contributed by atoms with Gasteiger partial charge in [-0.05, 0) is 36.9 Å². The summed E-state index contributed by atoms with van der Waals surface area (Å²) in [6.45, 7) is 4.27. The average molecular weight is 323 g/mol. The van der Waals surface area contributed by atoms with Crippen LogP contribution in [0.1, 0.15) is 36.6 Å². The van der Waals surface area contributed by atoms with Crippen LogP contribution in [0, 0.1) is 0 Å². The quantitative estimate of drug-likeness (QED) is 0.724. The van der Waals surface area contributed by atoms with Crippen molar-refractivity contribution in [3.05, 3.63) is 66.1 Å². The van der Waals surface area contributed by atoms with E-state index in [2.05, 4.69) is 5.32 Å². The lowest BCUT2D eigenvalue weighted by atomic mass is 10.1.